The zero-order valence-electron chi connectivity index (χ0n) is 18.7. The lowest BCUT2D eigenvalue weighted by atomic mass is 10.0. The molecule has 182 valence electrons. The van der Waals surface area contributed by atoms with Crippen molar-refractivity contribution in [2.45, 2.75) is 18.6 Å². The third-order valence-corrected chi connectivity index (χ3v) is 5.80. The van der Waals surface area contributed by atoms with Crippen molar-refractivity contribution in [3.63, 3.8) is 0 Å². The van der Waals surface area contributed by atoms with E-state index in [9.17, 15) is 19.2 Å². The molecule has 0 radical (unpaired) electrons. The van der Waals surface area contributed by atoms with Crippen LogP contribution >= 0.6 is 11.6 Å². The smallest absolute Gasteiger partial charge is 0.337 e. The number of carbonyl (C=O) groups is 3. The topological polar surface area (TPSA) is 156 Å². The first kappa shape index (κ1) is 25.2. The molecule has 1 aromatic carbocycles. The predicted molar refractivity (Wildman–Crippen MR) is 126 cm³/mol. The van der Waals surface area contributed by atoms with Gasteiger partial charge in [0.15, 0.2) is 0 Å². The summed E-state index contributed by atoms with van der Waals surface area (Å²) >= 11 is 5.92. The predicted octanol–water partition coefficient (Wildman–Crippen LogP) is 0.855. The molecule has 2 amide bonds. The Morgan fingerprint density at radius 1 is 1.24 bits per heavy atom. The van der Waals surface area contributed by atoms with Gasteiger partial charge in [0.25, 0.3) is 11.5 Å². The van der Waals surface area contributed by atoms with E-state index in [0.717, 1.165) is 0 Å². The number of halogens is 1. The molecule has 0 aliphatic carbocycles. The van der Waals surface area contributed by atoms with Gasteiger partial charge in [-0.3, -0.25) is 19.3 Å². The molecule has 5 N–H and O–H groups in total. The standard InChI is InChI=1S/C22H26ClN5O6/c1-33-17-10-28(11-18(29)25-13-5-3-12(4-6-13)22(32)34-2)8-7-16(17)26-20(30)14-9-15(23)19(24)27-21(14)31/h3-6,9,16-17H,7-8,10-11H2,1-2H3,(H,25,29)(H,26,30)(H3,24,27,31)/t16-,17+/m1/s1. The number of carbonyl (C=O) groups excluding carboxylic acids is 3. The molecule has 1 aliphatic rings. The number of likely N-dealkylation sites (tertiary alicyclic amines) is 1. The van der Waals surface area contributed by atoms with Crippen molar-refractivity contribution in [2.75, 3.05) is 44.9 Å². The Hall–Kier alpha value is -3.41. The maximum absolute atomic E-state index is 12.6. The fraction of sp³-hybridized carbons (Fsp3) is 0.364. The normalized spacial score (nSPS) is 18.2. The number of aromatic amines is 1. The van der Waals surface area contributed by atoms with Gasteiger partial charge in [-0.1, -0.05) is 11.6 Å². The van der Waals surface area contributed by atoms with Crippen LogP contribution in [-0.4, -0.2) is 73.7 Å². The van der Waals surface area contributed by atoms with Gasteiger partial charge in [0.05, 0.1) is 36.4 Å². The van der Waals surface area contributed by atoms with Crippen molar-refractivity contribution in [3.05, 3.63) is 56.8 Å². The average Bonchev–Trinajstić information content (AvgIpc) is 2.82. The van der Waals surface area contributed by atoms with Crippen LogP contribution in [0.4, 0.5) is 11.5 Å². The Labute approximate surface area is 200 Å². The summed E-state index contributed by atoms with van der Waals surface area (Å²) in [5, 5.41) is 5.67. The Morgan fingerprint density at radius 3 is 2.59 bits per heavy atom. The fourth-order valence-electron chi connectivity index (χ4n) is 3.67. The Kier molecular flexibility index (Phi) is 8.26. The summed E-state index contributed by atoms with van der Waals surface area (Å²) in [5.41, 5.74) is 5.70. The fourth-order valence-corrected chi connectivity index (χ4v) is 3.83. The minimum absolute atomic E-state index is 0.0102. The monoisotopic (exact) mass is 491 g/mol. The molecule has 11 nitrogen and oxygen atoms in total. The molecule has 2 aromatic rings. The number of nitrogens with two attached hydrogens (primary N) is 1. The molecule has 12 heteroatoms. The third-order valence-electron chi connectivity index (χ3n) is 5.49. The highest BCUT2D eigenvalue weighted by Crippen LogP contribution is 2.17. The number of nitrogens with one attached hydrogen (secondary N) is 3. The van der Waals surface area contributed by atoms with E-state index in [0.29, 0.717) is 30.8 Å². The summed E-state index contributed by atoms with van der Waals surface area (Å²) in [5.74, 6) is -1.28. The van der Waals surface area contributed by atoms with Crippen molar-refractivity contribution in [2.24, 2.45) is 0 Å². The first-order valence-electron chi connectivity index (χ1n) is 10.4. The SMILES string of the molecule is COC(=O)c1ccc(NC(=O)CN2CC[C@@H](NC(=O)c3cc(Cl)c(N)[nH]c3=O)[C@@H](OC)C2)cc1. The molecular formula is C22H26ClN5O6. The van der Waals surface area contributed by atoms with Crippen LogP contribution in [0.1, 0.15) is 27.1 Å². The second-order valence-corrected chi connectivity index (χ2v) is 8.18. The Bertz CT molecular complexity index is 1120. The highest BCUT2D eigenvalue weighted by atomic mass is 35.5. The van der Waals surface area contributed by atoms with Gasteiger partial charge in [-0.25, -0.2) is 4.79 Å². The van der Waals surface area contributed by atoms with Crippen LogP contribution in [0.25, 0.3) is 0 Å². The molecule has 3 rings (SSSR count). The summed E-state index contributed by atoms with van der Waals surface area (Å²) < 4.78 is 10.2. The number of ether oxygens (including phenoxy) is 2. The number of hydrogen-bond donors (Lipinski definition) is 4. The maximum atomic E-state index is 12.6. The number of hydrogen-bond acceptors (Lipinski definition) is 8. The molecule has 0 spiro atoms. The molecule has 0 saturated carbocycles. The number of benzene rings is 1. The molecular weight excluding hydrogens is 466 g/mol. The summed E-state index contributed by atoms with van der Waals surface area (Å²) in [7, 11) is 2.82. The second kappa shape index (κ2) is 11.1. The van der Waals surface area contributed by atoms with E-state index < -0.39 is 23.5 Å². The van der Waals surface area contributed by atoms with E-state index in [4.69, 9.17) is 22.1 Å². The van der Waals surface area contributed by atoms with Gasteiger partial charge < -0.3 is 30.8 Å². The van der Waals surface area contributed by atoms with Crippen LogP contribution in [0.3, 0.4) is 0 Å². The van der Waals surface area contributed by atoms with Gasteiger partial charge in [0, 0.05) is 25.9 Å². The van der Waals surface area contributed by atoms with Crippen molar-refractivity contribution >= 4 is 40.9 Å². The zero-order chi connectivity index (χ0) is 24.8. The minimum Gasteiger partial charge on any atom is -0.465 e. The van der Waals surface area contributed by atoms with Crippen molar-refractivity contribution in [1.82, 2.24) is 15.2 Å². The van der Waals surface area contributed by atoms with Gasteiger partial charge in [0.1, 0.15) is 11.4 Å². The summed E-state index contributed by atoms with van der Waals surface area (Å²) in [6.45, 7) is 1.04. The number of rotatable bonds is 7. The first-order chi connectivity index (χ1) is 16.2. The lowest BCUT2D eigenvalue weighted by molar-refractivity contribution is -0.118. The van der Waals surface area contributed by atoms with Gasteiger partial charge in [-0.05, 0) is 36.8 Å². The number of methoxy groups -OCH3 is 2. The molecule has 0 unspecified atom stereocenters. The van der Waals surface area contributed by atoms with Crippen LogP contribution in [0.15, 0.2) is 35.1 Å². The maximum Gasteiger partial charge on any atom is 0.337 e. The molecule has 34 heavy (non-hydrogen) atoms. The highest BCUT2D eigenvalue weighted by Gasteiger charge is 2.32. The number of H-pyrrole nitrogens is 1. The molecule has 1 saturated heterocycles. The van der Waals surface area contributed by atoms with Crippen molar-refractivity contribution in [1.29, 1.82) is 0 Å². The minimum atomic E-state index is -0.637. The van der Waals surface area contributed by atoms with Crippen molar-refractivity contribution in [3.8, 4) is 0 Å². The van der Waals surface area contributed by atoms with Crippen molar-refractivity contribution < 1.29 is 23.9 Å². The lowest BCUT2D eigenvalue weighted by Gasteiger charge is -2.37. The van der Waals surface area contributed by atoms with Crippen LogP contribution in [-0.2, 0) is 14.3 Å². The van der Waals surface area contributed by atoms with E-state index >= 15 is 0 Å². The van der Waals surface area contributed by atoms with E-state index in [2.05, 4.69) is 20.4 Å². The number of esters is 1. The quantitative estimate of drug-likeness (QED) is 0.415. The van der Waals surface area contributed by atoms with Gasteiger partial charge in [-0.15, -0.1) is 0 Å². The third kappa shape index (κ3) is 6.13. The summed E-state index contributed by atoms with van der Waals surface area (Å²) in [6.07, 6.45) is 0.111. The van der Waals surface area contributed by atoms with E-state index in [-0.39, 0.29) is 34.9 Å². The first-order valence-corrected chi connectivity index (χ1v) is 10.8. The van der Waals surface area contributed by atoms with E-state index in [1.165, 1.54) is 20.3 Å². The number of pyridine rings is 1. The van der Waals surface area contributed by atoms with E-state index in [1.807, 2.05) is 4.90 Å². The number of amides is 2. The number of anilines is 2. The molecule has 1 aromatic heterocycles. The number of nitrogens with zero attached hydrogens (tertiary/aromatic N) is 1. The largest absolute Gasteiger partial charge is 0.465 e. The number of piperidine rings is 1. The second-order valence-electron chi connectivity index (χ2n) is 7.77. The molecule has 0 bridgehead atoms. The van der Waals surface area contributed by atoms with E-state index in [1.54, 1.807) is 24.3 Å². The number of aromatic nitrogens is 1. The highest BCUT2D eigenvalue weighted by molar-refractivity contribution is 6.33. The van der Waals surface area contributed by atoms with Crippen LogP contribution in [0.5, 0.6) is 0 Å². The Balaban J connectivity index is 1.55. The van der Waals surface area contributed by atoms with Crippen LogP contribution in [0, 0.1) is 0 Å². The summed E-state index contributed by atoms with van der Waals surface area (Å²) in [4.78, 5) is 52.9. The van der Waals surface area contributed by atoms with Gasteiger partial charge in [0.2, 0.25) is 5.91 Å². The molecule has 2 atom stereocenters. The van der Waals surface area contributed by atoms with Gasteiger partial charge >= 0.3 is 5.97 Å². The average molecular weight is 492 g/mol. The van der Waals surface area contributed by atoms with Crippen LogP contribution in [0.2, 0.25) is 5.02 Å². The molecule has 2 heterocycles. The Morgan fingerprint density at radius 2 is 1.94 bits per heavy atom. The zero-order valence-corrected chi connectivity index (χ0v) is 19.5. The lowest BCUT2D eigenvalue weighted by Crippen LogP contribution is -2.56. The molecule has 1 aliphatic heterocycles. The summed E-state index contributed by atoms with van der Waals surface area (Å²) in [6, 6.07) is 7.23. The van der Waals surface area contributed by atoms with Gasteiger partial charge in [-0.2, -0.15) is 0 Å². The number of nitrogen functional groups attached to an aromatic ring is 1. The van der Waals surface area contributed by atoms with Crippen LogP contribution < -0.4 is 21.9 Å². The molecule has 1 fully saturated rings.